The Balaban J connectivity index is 0.00000249. The van der Waals surface area contributed by atoms with E-state index in [4.69, 9.17) is 0 Å². The zero-order chi connectivity index (χ0) is 24.7. The van der Waals surface area contributed by atoms with Gasteiger partial charge in [0, 0.05) is 25.7 Å². The van der Waals surface area contributed by atoms with Crippen molar-refractivity contribution in [2.45, 2.75) is 77.8 Å². The number of halogens is 1. The summed E-state index contributed by atoms with van der Waals surface area (Å²) in [6.07, 6.45) is 10.3. The van der Waals surface area contributed by atoms with Crippen molar-refractivity contribution in [1.82, 2.24) is 9.62 Å². The third-order valence-corrected chi connectivity index (χ3v) is 9.31. The van der Waals surface area contributed by atoms with Gasteiger partial charge in [0.05, 0.1) is 4.83 Å². The Hall–Kier alpha value is -0.920. The number of hydrogen-bond donors (Lipinski definition) is 1. The molecular formula is C25H43BrN2O3S. The van der Waals surface area contributed by atoms with Gasteiger partial charge in [-0.1, -0.05) is 94.3 Å². The van der Waals surface area contributed by atoms with Crippen LogP contribution < -0.4 is 5.32 Å². The molecule has 0 heterocycles. The highest BCUT2D eigenvalue weighted by Gasteiger charge is 2.36. The van der Waals surface area contributed by atoms with Crippen LogP contribution in [0.3, 0.4) is 0 Å². The molecule has 0 aromatic rings. The van der Waals surface area contributed by atoms with E-state index in [2.05, 4.69) is 41.2 Å². The summed E-state index contributed by atoms with van der Waals surface area (Å²) in [4.78, 5) is 12.2. The van der Waals surface area contributed by atoms with Crippen molar-refractivity contribution in [3.8, 4) is 0 Å². The van der Waals surface area contributed by atoms with Gasteiger partial charge < -0.3 is 5.32 Å². The fourth-order valence-electron chi connectivity index (χ4n) is 3.72. The molecule has 0 spiro atoms. The molecule has 5 nitrogen and oxygen atoms in total. The topological polar surface area (TPSA) is 66.5 Å². The summed E-state index contributed by atoms with van der Waals surface area (Å²) in [7, 11) is -1.99. The maximum absolute atomic E-state index is 13.3. The first-order chi connectivity index (χ1) is 14.8. The molecule has 2 aliphatic rings. The molecule has 3 unspecified atom stereocenters. The van der Waals surface area contributed by atoms with Crippen LogP contribution in [0.1, 0.15) is 67.7 Å². The van der Waals surface area contributed by atoms with Crippen molar-refractivity contribution in [1.29, 1.82) is 0 Å². The molecule has 0 radical (unpaired) electrons. The van der Waals surface area contributed by atoms with Crippen LogP contribution in [0.25, 0.3) is 0 Å². The van der Waals surface area contributed by atoms with E-state index in [9.17, 15) is 13.2 Å². The normalized spacial score (nSPS) is 26.4. The smallest absolute Gasteiger partial charge is 0.251 e. The van der Waals surface area contributed by atoms with E-state index in [0.29, 0.717) is 30.5 Å². The molecule has 0 fully saturated rings. The van der Waals surface area contributed by atoms with E-state index in [0.717, 1.165) is 19.3 Å². The second-order valence-corrected chi connectivity index (χ2v) is 13.3. The van der Waals surface area contributed by atoms with Crippen LogP contribution in [0, 0.1) is 17.3 Å². The summed E-state index contributed by atoms with van der Waals surface area (Å²) < 4.78 is 28.1. The second kappa shape index (κ2) is 12.5. The maximum atomic E-state index is 13.3. The number of nitrogens with one attached hydrogen (secondary N) is 1. The number of alkyl halides is 1. The number of amides is 1. The van der Waals surface area contributed by atoms with Crippen molar-refractivity contribution in [2.75, 3.05) is 20.1 Å². The third kappa shape index (κ3) is 8.45. The average molecular weight is 532 g/mol. The SMILES string of the molecule is CC.CC1CCC=C(CN(C)S(=O)(=O)C2C=C(C(=O)NCC(C)(C)C)C=CC2Br)C[C@H]1C. The summed E-state index contributed by atoms with van der Waals surface area (Å²) in [5, 5.41) is 2.08. The molecular weight excluding hydrogens is 488 g/mol. The van der Waals surface area contributed by atoms with E-state index in [1.807, 2.05) is 34.6 Å². The zero-order valence-electron chi connectivity index (χ0n) is 21.1. The highest BCUT2D eigenvalue weighted by atomic mass is 79.9. The number of hydrogen-bond acceptors (Lipinski definition) is 3. The van der Waals surface area contributed by atoms with E-state index < -0.39 is 15.3 Å². The number of allylic oxidation sites excluding steroid dienone is 2. The largest absolute Gasteiger partial charge is 0.352 e. The lowest BCUT2D eigenvalue weighted by Gasteiger charge is -2.28. The summed E-state index contributed by atoms with van der Waals surface area (Å²) in [6, 6.07) is 0. The Morgan fingerprint density at radius 3 is 2.44 bits per heavy atom. The van der Waals surface area contributed by atoms with Crippen LogP contribution in [0.4, 0.5) is 0 Å². The molecule has 2 rings (SSSR count). The number of carbonyl (C=O) groups is 1. The zero-order valence-corrected chi connectivity index (χ0v) is 23.5. The Bertz CT molecular complexity index is 825. The maximum Gasteiger partial charge on any atom is 0.251 e. The van der Waals surface area contributed by atoms with Crippen molar-refractivity contribution in [3.63, 3.8) is 0 Å². The van der Waals surface area contributed by atoms with Crippen LogP contribution in [0.5, 0.6) is 0 Å². The van der Waals surface area contributed by atoms with Gasteiger partial charge in [0.2, 0.25) is 10.0 Å². The van der Waals surface area contributed by atoms with E-state index in [-0.39, 0.29) is 16.1 Å². The monoisotopic (exact) mass is 530 g/mol. The number of likely N-dealkylation sites (N-methyl/N-ethyl adjacent to an activating group) is 1. The fraction of sp³-hybridized carbons (Fsp3) is 0.720. The minimum Gasteiger partial charge on any atom is -0.352 e. The standard InChI is InChI=1S/C23H37BrN2O3S.C2H6/c1-16-8-7-9-18(12-17(16)2)14-26(6)30(28,29)21-13-19(10-11-20(21)24)22(27)25-15-23(3,4)5;1-2/h9-11,13,16-17,20-21H,7-8,12,14-15H2,1-6H3,(H,25,27);1-2H3/t16?,17-,20?,21?;/m1./s1. The lowest BCUT2D eigenvalue weighted by molar-refractivity contribution is -0.117. The molecule has 1 N–H and O–H groups in total. The van der Waals surface area contributed by atoms with Gasteiger partial charge in [-0.3, -0.25) is 4.79 Å². The van der Waals surface area contributed by atoms with Crippen molar-refractivity contribution in [2.24, 2.45) is 17.3 Å². The van der Waals surface area contributed by atoms with Gasteiger partial charge in [-0.2, -0.15) is 0 Å². The van der Waals surface area contributed by atoms with Gasteiger partial charge in [0.1, 0.15) is 5.25 Å². The van der Waals surface area contributed by atoms with Gasteiger partial charge in [-0.15, -0.1) is 0 Å². The molecule has 0 bridgehead atoms. The molecule has 2 aliphatic carbocycles. The first-order valence-electron chi connectivity index (χ1n) is 11.8. The molecule has 184 valence electrons. The molecule has 0 saturated heterocycles. The van der Waals surface area contributed by atoms with E-state index in [1.165, 1.54) is 9.88 Å². The molecule has 0 aliphatic heterocycles. The van der Waals surface area contributed by atoms with Gasteiger partial charge in [-0.25, -0.2) is 12.7 Å². The van der Waals surface area contributed by atoms with Crippen LogP contribution in [0.15, 0.2) is 35.5 Å². The van der Waals surface area contributed by atoms with Crippen molar-refractivity contribution < 1.29 is 13.2 Å². The molecule has 0 saturated carbocycles. The minimum atomic E-state index is -3.63. The predicted molar refractivity (Wildman–Crippen MR) is 139 cm³/mol. The second-order valence-electron chi connectivity index (χ2n) is 10.0. The summed E-state index contributed by atoms with van der Waals surface area (Å²) in [5.74, 6) is 0.959. The van der Waals surface area contributed by atoms with Crippen LogP contribution >= 0.6 is 15.9 Å². The van der Waals surface area contributed by atoms with Crippen molar-refractivity contribution >= 4 is 31.9 Å². The molecule has 32 heavy (non-hydrogen) atoms. The fourth-order valence-corrected chi connectivity index (χ4v) is 6.35. The number of sulfonamides is 1. The average Bonchev–Trinajstić information content (AvgIpc) is 2.87. The van der Waals surface area contributed by atoms with Gasteiger partial charge >= 0.3 is 0 Å². The Labute approximate surface area is 205 Å². The first kappa shape index (κ1) is 29.1. The molecule has 1 amide bonds. The lowest BCUT2D eigenvalue weighted by atomic mass is 9.90. The van der Waals surface area contributed by atoms with Crippen LogP contribution in [0.2, 0.25) is 0 Å². The van der Waals surface area contributed by atoms with E-state index >= 15 is 0 Å². The summed E-state index contributed by atoms with van der Waals surface area (Å²) in [6.45, 7) is 15.6. The van der Waals surface area contributed by atoms with Gasteiger partial charge in [0.25, 0.3) is 5.91 Å². The first-order valence-corrected chi connectivity index (χ1v) is 14.2. The number of nitrogens with zero attached hydrogens (tertiary/aromatic N) is 1. The Morgan fingerprint density at radius 2 is 1.84 bits per heavy atom. The predicted octanol–water partition coefficient (Wildman–Crippen LogP) is 5.45. The van der Waals surface area contributed by atoms with Crippen LogP contribution in [-0.2, 0) is 14.8 Å². The van der Waals surface area contributed by atoms with Gasteiger partial charge in [0.15, 0.2) is 0 Å². The number of rotatable bonds is 6. The molecule has 0 aromatic heterocycles. The van der Waals surface area contributed by atoms with E-state index in [1.54, 1.807) is 25.3 Å². The highest BCUT2D eigenvalue weighted by molar-refractivity contribution is 9.09. The highest BCUT2D eigenvalue weighted by Crippen LogP contribution is 2.30. The third-order valence-electron chi connectivity index (χ3n) is 5.97. The molecule has 7 heteroatoms. The summed E-state index contributed by atoms with van der Waals surface area (Å²) >= 11 is 3.48. The Kier molecular flexibility index (Phi) is 11.4. The molecule has 4 atom stereocenters. The van der Waals surface area contributed by atoms with Crippen LogP contribution in [-0.4, -0.2) is 48.8 Å². The minimum absolute atomic E-state index is 0.0423. The van der Waals surface area contributed by atoms with Gasteiger partial charge in [-0.05, 0) is 36.5 Å². The summed E-state index contributed by atoms with van der Waals surface area (Å²) in [5.41, 5.74) is 1.54. The van der Waals surface area contributed by atoms with Crippen molar-refractivity contribution in [3.05, 3.63) is 35.5 Å². The lowest BCUT2D eigenvalue weighted by Crippen LogP contribution is -2.42. The quantitative estimate of drug-likeness (QED) is 0.366. The molecule has 0 aromatic carbocycles. The Morgan fingerprint density at radius 1 is 1.22 bits per heavy atom. The number of carbonyl (C=O) groups excluding carboxylic acids is 1.